The molecule has 1 heterocycles. The minimum Gasteiger partial charge on any atom is -0.370 e. The number of hydrogen-bond donors (Lipinski definition) is 2. The van der Waals surface area contributed by atoms with Crippen LogP contribution < -0.4 is 11.1 Å². The molecule has 7 nitrogen and oxygen atoms in total. The smallest absolute Gasteiger partial charge is 0.234 e. The van der Waals surface area contributed by atoms with E-state index in [1.165, 1.54) is 11.8 Å². The van der Waals surface area contributed by atoms with Gasteiger partial charge in [0.05, 0.1) is 5.75 Å². The molecule has 0 bridgehead atoms. The number of nitrogens with two attached hydrogens (primary N) is 1. The molecule has 0 atom stereocenters. The molecule has 1 aliphatic rings. The lowest BCUT2D eigenvalue weighted by Gasteiger charge is -2.09. The van der Waals surface area contributed by atoms with E-state index < -0.39 is 0 Å². The quantitative estimate of drug-likeness (QED) is 0.634. The normalized spacial score (nSPS) is 13.6. The Labute approximate surface area is 157 Å². The van der Waals surface area contributed by atoms with Crippen molar-refractivity contribution in [2.24, 2.45) is 5.73 Å². The highest BCUT2D eigenvalue weighted by atomic mass is 79.9. The highest BCUT2D eigenvalue weighted by Gasteiger charge is 2.30. The summed E-state index contributed by atoms with van der Waals surface area (Å²) >= 11 is 4.67. The number of carbonyl (C=O) groups is 2. The summed E-state index contributed by atoms with van der Waals surface area (Å²) in [6.45, 7) is 0.449. The van der Waals surface area contributed by atoms with Crippen LogP contribution in [0.1, 0.15) is 31.0 Å². The number of nitrogens with one attached hydrogen (secondary N) is 1. The highest BCUT2D eigenvalue weighted by molar-refractivity contribution is 9.10. The zero-order chi connectivity index (χ0) is 17.8. The SMILES string of the molecule is NC(=O)CCn1c(SCC(=O)Nc2ccc(Br)cc2)nnc1C1CC1. The molecule has 2 amide bonds. The van der Waals surface area contributed by atoms with Crippen molar-refractivity contribution in [2.75, 3.05) is 11.1 Å². The Morgan fingerprint density at radius 1 is 1.28 bits per heavy atom. The summed E-state index contributed by atoms with van der Waals surface area (Å²) in [6.07, 6.45) is 2.41. The van der Waals surface area contributed by atoms with Crippen molar-refractivity contribution in [2.45, 2.75) is 36.9 Å². The molecule has 0 unspecified atom stereocenters. The van der Waals surface area contributed by atoms with E-state index in [-0.39, 0.29) is 24.0 Å². The Kier molecular flexibility index (Phi) is 5.74. The first-order valence-corrected chi connectivity index (χ1v) is 9.70. The van der Waals surface area contributed by atoms with E-state index in [0.29, 0.717) is 17.6 Å². The second-order valence-electron chi connectivity index (χ2n) is 5.83. The van der Waals surface area contributed by atoms with Crippen LogP contribution in [0.3, 0.4) is 0 Å². The van der Waals surface area contributed by atoms with Crippen LogP contribution in [0, 0.1) is 0 Å². The summed E-state index contributed by atoms with van der Waals surface area (Å²) in [7, 11) is 0. The Morgan fingerprint density at radius 2 is 2.00 bits per heavy atom. The molecule has 0 saturated heterocycles. The van der Waals surface area contributed by atoms with Gasteiger partial charge >= 0.3 is 0 Å². The van der Waals surface area contributed by atoms with Crippen molar-refractivity contribution in [3.63, 3.8) is 0 Å². The molecule has 3 rings (SSSR count). The van der Waals surface area contributed by atoms with Gasteiger partial charge in [-0.3, -0.25) is 9.59 Å². The number of hydrogen-bond acceptors (Lipinski definition) is 5. The third-order valence-electron chi connectivity index (χ3n) is 3.73. The number of anilines is 1. The van der Waals surface area contributed by atoms with Crippen LogP contribution in [0.5, 0.6) is 0 Å². The number of primary amides is 1. The first-order valence-electron chi connectivity index (χ1n) is 7.92. The Balaban J connectivity index is 1.60. The van der Waals surface area contributed by atoms with Crippen molar-refractivity contribution < 1.29 is 9.59 Å². The summed E-state index contributed by atoms with van der Waals surface area (Å²) in [5.74, 6) is 1.03. The summed E-state index contributed by atoms with van der Waals surface area (Å²) in [5, 5.41) is 11.9. The number of benzene rings is 1. The molecule has 0 aliphatic heterocycles. The Hall–Kier alpha value is -1.87. The molecule has 1 saturated carbocycles. The number of halogens is 1. The molecule has 9 heteroatoms. The van der Waals surface area contributed by atoms with E-state index >= 15 is 0 Å². The fourth-order valence-electron chi connectivity index (χ4n) is 2.34. The summed E-state index contributed by atoms with van der Waals surface area (Å²) in [4.78, 5) is 23.2. The molecule has 1 aliphatic carbocycles. The molecule has 1 fully saturated rings. The number of thioether (sulfide) groups is 1. The van der Waals surface area contributed by atoms with Crippen LogP contribution in [-0.2, 0) is 16.1 Å². The molecule has 2 aromatic rings. The first-order chi connectivity index (χ1) is 12.0. The molecule has 132 valence electrons. The van der Waals surface area contributed by atoms with Gasteiger partial charge in [0, 0.05) is 29.0 Å². The van der Waals surface area contributed by atoms with Crippen LogP contribution in [-0.4, -0.2) is 32.3 Å². The third kappa shape index (κ3) is 5.05. The van der Waals surface area contributed by atoms with Crippen LogP contribution in [0.4, 0.5) is 5.69 Å². The predicted octanol–water partition coefficient (Wildman–Crippen LogP) is 2.52. The van der Waals surface area contributed by atoms with Crippen LogP contribution in [0.25, 0.3) is 0 Å². The van der Waals surface area contributed by atoms with E-state index in [4.69, 9.17) is 5.73 Å². The largest absolute Gasteiger partial charge is 0.370 e. The van der Waals surface area contributed by atoms with Crippen molar-refractivity contribution in [1.29, 1.82) is 0 Å². The molecule has 1 aromatic carbocycles. The van der Waals surface area contributed by atoms with Gasteiger partial charge in [0.15, 0.2) is 5.16 Å². The lowest BCUT2D eigenvalue weighted by molar-refractivity contribution is -0.118. The number of rotatable bonds is 8. The maximum absolute atomic E-state index is 12.1. The van der Waals surface area contributed by atoms with Gasteiger partial charge in [-0.1, -0.05) is 27.7 Å². The minimum absolute atomic E-state index is 0.121. The van der Waals surface area contributed by atoms with Gasteiger partial charge in [-0.25, -0.2) is 0 Å². The molecular weight excluding hydrogens is 406 g/mol. The standard InChI is InChI=1S/C16H18BrN5O2S/c17-11-3-5-12(6-4-11)19-14(24)9-25-16-21-20-15(10-1-2-10)22(16)8-7-13(18)23/h3-6,10H,1-2,7-9H2,(H2,18,23)(H,19,24). The molecule has 3 N–H and O–H groups in total. The fraction of sp³-hybridized carbons (Fsp3) is 0.375. The minimum atomic E-state index is -0.362. The molecule has 0 spiro atoms. The third-order valence-corrected chi connectivity index (χ3v) is 5.23. The summed E-state index contributed by atoms with van der Waals surface area (Å²) in [6, 6.07) is 7.39. The van der Waals surface area contributed by atoms with E-state index in [1.54, 1.807) is 0 Å². The van der Waals surface area contributed by atoms with Crippen molar-refractivity contribution in [3.05, 3.63) is 34.6 Å². The van der Waals surface area contributed by atoms with E-state index in [0.717, 1.165) is 28.8 Å². The molecule has 0 radical (unpaired) electrons. The van der Waals surface area contributed by atoms with Crippen molar-refractivity contribution >= 4 is 45.2 Å². The lowest BCUT2D eigenvalue weighted by Crippen LogP contribution is -2.17. The maximum Gasteiger partial charge on any atom is 0.234 e. The molecule has 25 heavy (non-hydrogen) atoms. The van der Waals surface area contributed by atoms with Gasteiger partial charge in [0.2, 0.25) is 11.8 Å². The average Bonchev–Trinajstić information content (AvgIpc) is 3.34. The van der Waals surface area contributed by atoms with Gasteiger partial charge in [-0.15, -0.1) is 10.2 Å². The Bertz CT molecular complexity index is 773. The monoisotopic (exact) mass is 423 g/mol. The summed E-state index contributed by atoms with van der Waals surface area (Å²) in [5.41, 5.74) is 5.99. The van der Waals surface area contributed by atoms with Crippen LogP contribution in [0.2, 0.25) is 0 Å². The zero-order valence-electron chi connectivity index (χ0n) is 13.4. The molecule has 1 aromatic heterocycles. The maximum atomic E-state index is 12.1. The van der Waals surface area contributed by atoms with Gasteiger partial charge in [0.25, 0.3) is 0 Å². The number of nitrogens with zero attached hydrogens (tertiary/aromatic N) is 3. The summed E-state index contributed by atoms with van der Waals surface area (Å²) < 4.78 is 2.87. The van der Waals surface area contributed by atoms with Crippen LogP contribution >= 0.6 is 27.7 Å². The van der Waals surface area contributed by atoms with Crippen molar-refractivity contribution in [1.82, 2.24) is 14.8 Å². The number of aromatic nitrogens is 3. The van der Waals surface area contributed by atoms with Gasteiger partial charge < -0.3 is 15.6 Å². The number of amides is 2. The predicted molar refractivity (Wildman–Crippen MR) is 99.3 cm³/mol. The van der Waals surface area contributed by atoms with Gasteiger partial charge in [-0.05, 0) is 37.1 Å². The highest BCUT2D eigenvalue weighted by Crippen LogP contribution is 2.40. The van der Waals surface area contributed by atoms with E-state index in [2.05, 4.69) is 31.4 Å². The second-order valence-corrected chi connectivity index (χ2v) is 7.68. The van der Waals surface area contributed by atoms with E-state index in [9.17, 15) is 9.59 Å². The molecular formula is C16H18BrN5O2S. The second kappa shape index (κ2) is 8.01. The van der Waals surface area contributed by atoms with E-state index in [1.807, 2.05) is 28.8 Å². The zero-order valence-corrected chi connectivity index (χ0v) is 15.8. The van der Waals surface area contributed by atoms with Gasteiger partial charge in [0.1, 0.15) is 5.82 Å². The van der Waals surface area contributed by atoms with Gasteiger partial charge in [-0.2, -0.15) is 0 Å². The fourth-order valence-corrected chi connectivity index (χ4v) is 3.38. The topological polar surface area (TPSA) is 103 Å². The van der Waals surface area contributed by atoms with Crippen molar-refractivity contribution in [3.8, 4) is 0 Å². The average molecular weight is 424 g/mol. The first kappa shape index (κ1) is 17.9. The lowest BCUT2D eigenvalue weighted by atomic mass is 10.3. The Morgan fingerprint density at radius 3 is 2.64 bits per heavy atom. The number of carbonyl (C=O) groups excluding carboxylic acids is 2. The van der Waals surface area contributed by atoms with Crippen LogP contribution in [0.15, 0.2) is 33.9 Å².